The molecule has 0 radical (unpaired) electrons. The number of nitrogens with one attached hydrogen (secondary N) is 2. The van der Waals surface area contributed by atoms with Crippen molar-refractivity contribution in [1.29, 1.82) is 0 Å². The molecule has 1 heterocycles. The van der Waals surface area contributed by atoms with Crippen LogP contribution in [0.4, 0.5) is 0 Å². The van der Waals surface area contributed by atoms with Gasteiger partial charge in [0.2, 0.25) is 0 Å². The Morgan fingerprint density at radius 3 is 2.27 bits per heavy atom. The fourth-order valence-corrected chi connectivity index (χ4v) is 14.9. The predicted octanol–water partition coefficient (Wildman–Crippen LogP) is 7.84. The summed E-state index contributed by atoms with van der Waals surface area (Å²) < 4.78 is 20.2. The van der Waals surface area contributed by atoms with E-state index in [-0.39, 0.29) is 16.4 Å². The first kappa shape index (κ1) is 35.0. The molecular formula is C40H63N3O4S. The molecule has 9 atom stereocenters. The minimum Gasteiger partial charge on any atom is -0.478 e. The van der Waals surface area contributed by atoms with Gasteiger partial charge in [-0.15, -0.1) is 0 Å². The molecule has 5 aliphatic carbocycles. The lowest BCUT2D eigenvalue weighted by atomic mass is 9.33. The topological polar surface area (TPSA) is 105 Å². The van der Waals surface area contributed by atoms with Crippen LogP contribution in [0.2, 0.25) is 0 Å². The first-order valence-electron chi connectivity index (χ1n) is 19.0. The molecule has 0 amide bonds. The molecule has 8 heteroatoms. The van der Waals surface area contributed by atoms with Crippen LogP contribution in [0, 0.1) is 45.3 Å². The fraction of sp³-hybridized carbons (Fsp3) is 0.775. The molecule has 7 rings (SSSR count). The van der Waals surface area contributed by atoms with Gasteiger partial charge >= 0.3 is 5.97 Å². The van der Waals surface area contributed by atoms with Gasteiger partial charge in [0.05, 0.1) is 17.1 Å². The van der Waals surface area contributed by atoms with Crippen LogP contribution < -0.4 is 10.6 Å². The van der Waals surface area contributed by atoms with Gasteiger partial charge in [0, 0.05) is 37.8 Å². The SMILES string of the molecule is CN[C@@H]1CC[C@]2(NCCN3CCS(O)(O)CC3)CC[C@]3(C)[C@H](CC[C@@H]4[C@@]5(C)CC=C(c6ccc(C(=O)O)cc6)C(C)(C)[C@@H]5CC[C@]43C)[C@@H]12. The highest BCUT2D eigenvalue weighted by atomic mass is 32.3. The molecular weight excluding hydrogens is 619 g/mol. The maximum absolute atomic E-state index is 11.5. The van der Waals surface area contributed by atoms with Crippen LogP contribution in [-0.2, 0) is 0 Å². The number of carbonyl (C=O) groups is 1. The first-order valence-corrected chi connectivity index (χ1v) is 20.9. The molecule has 4 saturated carbocycles. The van der Waals surface area contributed by atoms with Crippen molar-refractivity contribution in [3.8, 4) is 0 Å². The number of carboxylic acids is 1. The smallest absolute Gasteiger partial charge is 0.335 e. The number of hydrogen-bond donors (Lipinski definition) is 5. The van der Waals surface area contributed by atoms with Gasteiger partial charge in [-0.05, 0) is 133 Å². The number of nitrogens with zero attached hydrogens (tertiary/aromatic N) is 1. The van der Waals surface area contributed by atoms with Gasteiger partial charge in [-0.25, -0.2) is 4.79 Å². The van der Waals surface area contributed by atoms with E-state index in [1.165, 1.54) is 62.5 Å². The average Bonchev–Trinajstić information content (AvgIpc) is 3.41. The van der Waals surface area contributed by atoms with E-state index >= 15 is 0 Å². The molecule has 5 N–H and O–H groups in total. The summed E-state index contributed by atoms with van der Waals surface area (Å²) in [6.45, 7) is 16.6. The quantitative estimate of drug-likeness (QED) is 0.200. The van der Waals surface area contributed by atoms with Gasteiger partial charge < -0.3 is 15.7 Å². The van der Waals surface area contributed by atoms with Crippen molar-refractivity contribution in [3.05, 3.63) is 41.5 Å². The Hall–Kier alpha value is -1.42. The van der Waals surface area contributed by atoms with Gasteiger partial charge in [0.25, 0.3) is 0 Å². The standard InChI is InChI=1S/C40H63N3O4S/c1-36(2)29(27-7-9-28(10-8-27)35(44)45)13-16-37(3)32(36)15-17-39(5)33(37)12-11-30-34-31(41-6)14-18-40(34,20-19-38(30,39)4)42-21-22-43-23-25-48(46,47)26-24-43/h7-10,13,30-34,41-42,46-47H,11-12,14-26H2,1-6H3,(H,44,45)/t30-,31-,32+,33-,34+,37+,38-,39-,40+/m1/s1. The van der Waals surface area contributed by atoms with Gasteiger partial charge in [-0.1, -0.05) is 52.8 Å². The molecule has 1 aliphatic heterocycles. The van der Waals surface area contributed by atoms with Crippen LogP contribution in [0.3, 0.4) is 0 Å². The molecule has 1 aromatic carbocycles. The maximum atomic E-state index is 11.5. The summed E-state index contributed by atoms with van der Waals surface area (Å²) in [5, 5.41) is 17.5. The van der Waals surface area contributed by atoms with Crippen LogP contribution in [0.1, 0.15) is 108 Å². The number of fused-ring (bicyclic) bond motifs is 7. The molecule has 0 spiro atoms. The molecule has 6 aliphatic rings. The monoisotopic (exact) mass is 681 g/mol. The van der Waals surface area contributed by atoms with Crippen molar-refractivity contribution in [1.82, 2.24) is 15.5 Å². The third-order valence-corrected chi connectivity index (χ3v) is 17.9. The fourth-order valence-electron chi connectivity index (χ4n) is 13.6. The Bertz CT molecular complexity index is 1420. The lowest BCUT2D eigenvalue weighted by molar-refractivity contribution is -0.218. The van der Waals surface area contributed by atoms with E-state index in [9.17, 15) is 19.0 Å². The number of allylic oxidation sites excluding steroid dienone is 2. The number of hydrogen-bond acceptors (Lipinski definition) is 6. The number of benzene rings is 1. The van der Waals surface area contributed by atoms with Crippen LogP contribution in [0.5, 0.6) is 0 Å². The van der Waals surface area contributed by atoms with E-state index in [0.29, 0.717) is 57.6 Å². The summed E-state index contributed by atoms with van der Waals surface area (Å²) in [4.78, 5) is 14.0. The Morgan fingerprint density at radius 2 is 1.60 bits per heavy atom. The zero-order valence-electron chi connectivity index (χ0n) is 30.5. The number of aromatic carboxylic acids is 1. The van der Waals surface area contributed by atoms with Crippen LogP contribution in [0.25, 0.3) is 5.57 Å². The highest BCUT2D eigenvalue weighted by molar-refractivity contribution is 8.24. The van der Waals surface area contributed by atoms with Crippen molar-refractivity contribution in [2.75, 3.05) is 44.7 Å². The van der Waals surface area contributed by atoms with E-state index in [0.717, 1.165) is 32.6 Å². The van der Waals surface area contributed by atoms with Gasteiger partial charge in [0.15, 0.2) is 0 Å². The first-order chi connectivity index (χ1) is 22.6. The van der Waals surface area contributed by atoms with E-state index < -0.39 is 16.6 Å². The van der Waals surface area contributed by atoms with Gasteiger partial charge in [0.1, 0.15) is 0 Å². The predicted molar refractivity (Wildman–Crippen MR) is 198 cm³/mol. The molecule has 1 aromatic rings. The minimum atomic E-state index is -2.35. The van der Waals surface area contributed by atoms with E-state index in [4.69, 9.17) is 0 Å². The molecule has 5 fully saturated rings. The summed E-state index contributed by atoms with van der Waals surface area (Å²) >= 11 is 0. The van der Waals surface area contributed by atoms with Crippen molar-refractivity contribution in [2.24, 2.45) is 45.3 Å². The summed E-state index contributed by atoms with van der Waals surface area (Å²) in [5.41, 5.74) is 4.02. The lowest BCUT2D eigenvalue weighted by Crippen LogP contribution is -2.69. The highest BCUT2D eigenvalue weighted by Gasteiger charge is 2.70. The Labute approximate surface area is 291 Å². The Morgan fingerprint density at radius 1 is 0.896 bits per heavy atom. The van der Waals surface area contributed by atoms with Crippen LogP contribution in [0.15, 0.2) is 30.3 Å². The second-order valence-electron chi connectivity index (χ2n) is 18.2. The average molecular weight is 682 g/mol. The molecule has 1 saturated heterocycles. The summed E-state index contributed by atoms with van der Waals surface area (Å²) in [5.74, 6) is 2.82. The third-order valence-electron chi connectivity index (χ3n) is 16.2. The van der Waals surface area contributed by atoms with Gasteiger partial charge in [-0.3, -0.25) is 14.0 Å². The highest BCUT2D eigenvalue weighted by Crippen LogP contribution is 2.76. The van der Waals surface area contributed by atoms with E-state index in [2.05, 4.69) is 63.3 Å². The zero-order chi connectivity index (χ0) is 34.3. The van der Waals surface area contributed by atoms with E-state index in [1.54, 1.807) is 12.1 Å². The molecule has 0 aromatic heterocycles. The lowest BCUT2D eigenvalue weighted by Gasteiger charge is -2.72. The summed E-state index contributed by atoms with van der Waals surface area (Å²) in [7, 11) is -0.157. The Balaban J connectivity index is 1.13. The largest absolute Gasteiger partial charge is 0.478 e. The number of rotatable bonds is 7. The van der Waals surface area contributed by atoms with Crippen molar-refractivity contribution < 1.29 is 19.0 Å². The molecule has 7 nitrogen and oxygen atoms in total. The molecule has 48 heavy (non-hydrogen) atoms. The van der Waals surface area contributed by atoms with Gasteiger partial charge in [-0.2, -0.15) is 10.6 Å². The zero-order valence-corrected chi connectivity index (χ0v) is 31.3. The second-order valence-corrected chi connectivity index (χ2v) is 20.6. The number of carboxylic acid groups (broad SMARTS) is 1. The molecule has 0 unspecified atom stereocenters. The molecule has 268 valence electrons. The molecule has 0 bridgehead atoms. The summed E-state index contributed by atoms with van der Waals surface area (Å²) in [6, 6.07) is 8.16. The second kappa shape index (κ2) is 12.1. The third kappa shape index (κ3) is 5.28. The van der Waals surface area contributed by atoms with Crippen LogP contribution in [-0.4, -0.2) is 81.4 Å². The van der Waals surface area contributed by atoms with Crippen molar-refractivity contribution in [3.63, 3.8) is 0 Å². The van der Waals surface area contributed by atoms with Crippen molar-refractivity contribution >= 4 is 22.1 Å². The minimum absolute atomic E-state index is 0.0245. The normalized spacial score (nSPS) is 44.0. The van der Waals surface area contributed by atoms with Crippen molar-refractivity contribution in [2.45, 2.75) is 104 Å². The summed E-state index contributed by atoms with van der Waals surface area (Å²) in [6.07, 6.45) is 13.9. The Kier molecular flexibility index (Phi) is 8.81. The van der Waals surface area contributed by atoms with Crippen LogP contribution >= 0.6 is 10.6 Å². The van der Waals surface area contributed by atoms with E-state index in [1.807, 2.05) is 12.1 Å². The maximum Gasteiger partial charge on any atom is 0.335 e.